The van der Waals surface area contributed by atoms with Gasteiger partial charge in [0.25, 0.3) is 0 Å². The summed E-state index contributed by atoms with van der Waals surface area (Å²) in [5.74, 6) is 1.88. The molecule has 2 aromatic carbocycles. The van der Waals surface area contributed by atoms with Crippen molar-refractivity contribution in [2.75, 3.05) is 0 Å². The van der Waals surface area contributed by atoms with Crippen molar-refractivity contribution in [2.24, 2.45) is 0 Å². The van der Waals surface area contributed by atoms with Crippen LogP contribution in [0.25, 0.3) is 22.6 Å². The number of benzene rings is 2. The summed E-state index contributed by atoms with van der Waals surface area (Å²) in [4.78, 5) is 0. The Labute approximate surface area is 117 Å². The average molecular weight is 262 g/mol. The fourth-order valence-electron chi connectivity index (χ4n) is 2.71. The Balaban J connectivity index is 1.91. The van der Waals surface area contributed by atoms with Crippen molar-refractivity contribution in [3.8, 4) is 22.6 Å². The smallest absolute Gasteiger partial charge is 0.140 e. The molecular weight excluding hydrogens is 248 g/mol. The highest BCUT2D eigenvalue weighted by Crippen LogP contribution is 2.40. The quantitative estimate of drug-likeness (QED) is 0.671. The monoisotopic (exact) mass is 262 g/mol. The Morgan fingerprint density at radius 1 is 0.600 bits per heavy atom. The van der Waals surface area contributed by atoms with Crippen molar-refractivity contribution in [2.45, 2.75) is 13.2 Å². The van der Waals surface area contributed by atoms with Gasteiger partial charge in [-0.05, 0) is 0 Å². The number of ether oxygens (including phenoxy) is 1. The van der Waals surface area contributed by atoms with Crippen LogP contribution < -0.4 is 0 Å². The minimum atomic E-state index is 0.635. The summed E-state index contributed by atoms with van der Waals surface area (Å²) < 4.78 is 11.8. The Morgan fingerprint density at radius 3 is 1.50 bits per heavy atom. The van der Waals surface area contributed by atoms with Crippen LogP contribution in [0.5, 0.6) is 0 Å². The van der Waals surface area contributed by atoms with Gasteiger partial charge in [-0.1, -0.05) is 60.7 Å². The van der Waals surface area contributed by atoms with Crippen molar-refractivity contribution in [1.29, 1.82) is 0 Å². The summed E-state index contributed by atoms with van der Waals surface area (Å²) in [6.45, 7) is 1.27. The summed E-state index contributed by atoms with van der Waals surface area (Å²) in [5, 5.41) is 0. The molecule has 0 radical (unpaired) electrons. The highest BCUT2D eigenvalue weighted by Gasteiger charge is 2.26. The van der Waals surface area contributed by atoms with Crippen molar-refractivity contribution in [1.82, 2.24) is 0 Å². The van der Waals surface area contributed by atoms with Crippen LogP contribution in [0.1, 0.15) is 11.1 Å². The van der Waals surface area contributed by atoms with Crippen LogP contribution in [0, 0.1) is 0 Å². The van der Waals surface area contributed by atoms with E-state index < -0.39 is 0 Å². The van der Waals surface area contributed by atoms with Gasteiger partial charge in [0.15, 0.2) is 0 Å². The first-order chi connectivity index (χ1) is 9.93. The topological polar surface area (TPSA) is 22.4 Å². The van der Waals surface area contributed by atoms with Gasteiger partial charge in [0.1, 0.15) is 11.5 Å². The summed E-state index contributed by atoms with van der Waals surface area (Å²) in [7, 11) is 0. The zero-order chi connectivity index (χ0) is 13.4. The molecule has 0 unspecified atom stereocenters. The number of furan rings is 1. The van der Waals surface area contributed by atoms with E-state index in [4.69, 9.17) is 9.15 Å². The third-order valence-electron chi connectivity index (χ3n) is 3.68. The lowest BCUT2D eigenvalue weighted by atomic mass is 10.0. The number of hydrogen-bond acceptors (Lipinski definition) is 2. The van der Waals surface area contributed by atoms with Gasteiger partial charge in [0.05, 0.1) is 13.2 Å². The number of hydrogen-bond donors (Lipinski definition) is 0. The van der Waals surface area contributed by atoms with Crippen LogP contribution in [-0.4, -0.2) is 0 Å². The van der Waals surface area contributed by atoms with Gasteiger partial charge < -0.3 is 9.15 Å². The third kappa shape index (κ3) is 1.77. The molecule has 0 aliphatic carbocycles. The van der Waals surface area contributed by atoms with Gasteiger partial charge in [-0.3, -0.25) is 0 Å². The molecule has 0 atom stereocenters. The number of fused-ring (bicyclic) bond motifs is 1. The molecule has 0 fully saturated rings. The Bertz CT molecular complexity index is 665. The minimum Gasteiger partial charge on any atom is -0.455 e. The molecule has 4 rings (SSSR count). The lowest BCUT2D eigenvalue weighted by Crippen LogP contribution is -1.82. The van der Waals surface area contributed by atoms with Crippen LogP contribution in [0.4, 0.5) is 0 Å². The Kier molecular flexibility index (Phi) is 2.68. The van der Waals surface area contributed by atoms with Crippen LogP contribution in [-0.2, 0) is 18.0 Å². The maximum atomic E-state index is 6.18. The lowest BCUT2D eigenvalue weighted by Gasteiger charge is -2.01. The van der Waals surface area contributed by atoms with E-state index in [1.54, 1.807) is 0 Å². The maximum absolute atomic E-state index is 6.18. The average Bonchev–Trinajstić information content (AvgIpc) is 3.11. The van der Waals surface area contributed by atoms with E-state index in [0.29, 0.717) is 13.2 Å². The Hall–Kier alpha value is -2.32. The SMILES string of the molecule is c1ccc(-c2oc(-c3ccccc3)c3c2COC3)cc1. The van der Waals surface area contributed by atoms with Gasteiger partial charge in [-0.25, -0.2) is 0 Å². The molecule has 1 aromatic heterocycles. The molecule has 2 heterocycles. The Morgan fingerprint density at radius 2 is 1.05 bits per heavy atom. The highest BCUT2D eigenvalue weighted by molar-refractivity contribution is 5.72. The second kappa shape index (κ2) is 4.66. The molecule has 2 nitrogen and oxygen atoms in total. The molecule has 2 heteroatoms. The summed E-state index contributed by atoms with van der Waals surface area (Å²) >= 11 is 0. The fourth-order valence-corrected chi connectivity index (χ4v) is 2.71. The molecule has 98 valence electrons. The molecular formula is C18H14O2. The van der Waals surface area contributed by atoms with E-state index in [2.05, 4.69) is 24.3 Å². The van der Waals surface area contributed by atoms with Gasteiger partial charge in [0, 0.05) is 22.3 Å². The first-order valence-electron chi connectivity index (χ1n) is 6.76. The fraction of sp³-hybridized carbons (Fsp3) is 0.111. The van der Waals surface area contributed by atoms with Crippen molar-refractivity contribution < 1.29 is 9.15 Å². The molecule has 1 aliphatic heterocycles. The van der Waals surface area contributed by atoms with Crippen LogP contribution in [0.15, 0.2) is 65.1 Å². The first kappa shape index (κ1) is 11.5. The summed E-state index contributed by atoms with van der Waals surface area (Å²) in [6.07, 6.45) is 0. The van der Waals surface area contributed by atoms with Crippen LogP contribution >= 0.6 is 0 Å². The van der Waals surface area contributed by atoms with E-state index in [9.17, 15) is 0 Å². The molecule has 0 saturated carbocycles. The van der Waals surface area contributed by atoms with Gasteiger partial charge in [-0.2, -0.15) is 0 Å². The van der Waals surface area contributed by atoms with Crippen molar-refractivity contribution >= 4 is 0 Å². The zero-order valence-electron chi connectivity index (χ0n) is 11.0. The van der Waals surface area contributed by atoms with Crippen molar-refractivity contribution in [3.63, 3.8) is 0 Å². The molecule has 0 amide bonds. The maximum Gasteiger partial charge on any atom is 0.140 e. The van der Waals surface area contributed by atoms with E-state index in [1.165, 1.54) is 11.1 Å². The van der Waals surface area contributed by atoms with E-state index in [-0.39, 0.29) is 0 Å². The standard InChI is InChI=1S/C18H14O2/c1-3-7-13(8-4-1)17-15-11-19-12-16(15)18(20-17)14-9-5-2-6-10-14/h1-10H,11-12H2. The number of rotatable bonds is 2. The van der Waals surface area contributed by atoms with E-state index in [1.807, 2.05) is 36.4 Å². The van der Waals surface area contributed by atoms with E-state index >= 15 is 0 Å². The van der Waals surface area contributed by atoms with Gasteiger partial charge in [-0.15, -0.1) is 0 Å². The second-order valence-electron chi connectivity index (χ2n) is 4.94. The van der Waals surface area contributed by atoms with Crippen molar-refractivity contribution in [3.05, 3.63) is 71.8 Å². The molecule has 0 spiro atoms. The first-order valence-corrected chi connectivity index (χ1v) is 6.76. The lowest BCUT2D eigenvalue weighted by molar-refractivity contribution is 0.132. The molecule has 1 aliphatic rings. The van der Waals surface area contributed by atoms with Gasteiger partial charge in [0.2, 0.25) is 0 Å². The predicted octanol–water partition coefficient (Wildman–Crippen LogP) is 4.64. The molecule has 20 heavy (non-hydrogen) atoms. The summed E-state index contributed by atoms with van der Waals surface area (Å²) in [6, 6.07) is 20.5. The second-order valence-corrected chi connectivity index (χ2v) is 4.94. The molecule has 3 aromatic rings. The largest absolute Gasteiger partial charge is 0.455 e. The molecule has 0 bridgehead atoms. The highest BCUT2D eigenvalue weighted by atomic mass is 16.5. The molecule has 0 saturated heterocycles. The van der Waals surface area contributed by atoms with Gasteiger partial charge >= 0.3 is 0 Å². The van der Waals surface area contributed by atoms with Crippen LogP contribution in [0.2, 0.25) is 0 Å². The minimum absolute atomic E-state index is 0.635. The normalized spacial score (nSPS) is 13.4. The molecule has 0 N–H and O–H groups in total. The summed E-state index contributed by atoms with van der Waals surface area (Å²) in [5.41, 5.74) is 4.60. The third-order valence-corrected chi connectivity index (χ3v) is 3.68. The van der Waals surface area contributed by atoms with Crippen LogP contribution in [0.3, 0.4) is 0 Å². The zero-order valence-corrected chi connectivity index (χ0v) is 11.0. The predicted molar refractivity (Wildman–Crippen MR) is 78.1 cm³/mol. The van der Waals surface area contributed by atoms with E-state index in [0.717, 1.165) is 22.6 Å².